The number of nitrogens with one attached hydrogen (secondary N) is 1. The Morgan fingerprint density at radius 3 is 3.00 bits per heavy atom. The number of amides is 1. The number of halogens is 1. The van der Waals surface area contributed by atoms with E-state index in [1.165, 1.54) is 6.08 Å². The van der Waals surface area contributed by atoms with Gasteiger partial charge in [0.25, 0.3) is 0 Å². The Morgan fingerprint density at radius 1 is 1.21 bits per heavy atom. The Morgan fingerprint density at radius 2 is 2.12 bits per heavy atom. The molecule has 0 radical (unpaired) electrons. The van der Waals surface area contributed by atoms with Crippen LogP contribution in [0.15, 0.2) is 54.7 Å². The zero-order valence-electron chi connectivity index (χ0n) is 13.0. The summed E-state index contributed by atoms with van der Waals surface area (Å²) < 4.78 is 1.96. The molecule has 0 fully saturated rings. The van der Waals surface area contributed by atoms with Gasteiger partial charge in [0, 0.05) is 30.3 Å². The Hall–Kier alpha value is -2.66. The van der Waals surface area contributed by atoms with Crippen LogP contribution in [0.2, 0.25) is 5.02 Å². The zero-order valence-corrected chi connectivity index (χ0v) is 13.8. The maximum Gasteiger partial charge on any atom is 0.243 e. The maximum absolute atomic E-state index is 11.8. The minimum absolute atomic E-state index is 0.124. The van der Waals surface area contributed by atoms with E-state index in [0.717, 1.165) is 29.9 Å². The van der Waals surface area contributed by atoms with Gasteiger partial charge in [-0.2, -0.15) is 0 Å². The number of rotatable bonds is 6. The van der Waals surface area contributed by atoms with Crippen LogP contribution in [-0.2, 0) is 11.2 Å². The second-order valence-electron chi connectivity index (χ2n) is 5.33. The second-order valence-corrected chi connectivity index (χ2v) is 5.76. The van der Waals surface area contributed by atoms with E-state index in [4.69, 9.17) is 11.6 Å². The van der Waals surface area contributed by atoms with Crippen molar-refractivity contribution < 1.29 is 4.79 Å². The van der Waals surface area contributed by atoms with Gasteiger partial charge in [-0.25, -0.2) is 0 Å². The van der Waals surface area contributed by atoms with Gasteiger partial charge in [-0.1, -0.05) is 29.8 Å². The van der Waals surface area contributed by atoms with Crippen molar-refractivity contribution >= 4 is 29.2 Å². The molecule has 0 saturated carbocycles. The molecule has 24 heavy (non-hydrogen) atoms. The summed E-state index contributed by atoms with van der Waals surface area (Å²) in [5, 5.41) is 11.8. The number of benzene rings is 1. The van der Waals surface area contributed by atoms with E-state index in [1.54, 1.807) is 12.1 Å². The Balaban J connectivity index is 1.45. The standard InChI is InChI=1S/C18H17ClN4O/c19-15-6-3-5-14(13-15)9-10-18(24)20-11-4-8-17-22-21-16-7-1-2-12-23(16)17/h1-3,5-7,9-10,12-13H,4,8,11H2,(H,20,24)/b10-9+. The monoisotopic (exact) mass is 340 g/mol. The summed E-state index contributed by atoms with van der Waals surface area (Å²) in [6.45, 7) is 0.584. The fraction of sp³-hybridized carbons (Fsp3) is 0.167. The third-order valence-corrected chi connectivity index (χ3v) is 3.77. The molecule has 0 bridgehead atoms. The lowest BCUT2D eigenvalue weighted by atomic mass is 10.2. The average Bonchev–Trinajstić information content (AvgIpc) is 3.00. The smallest absolute Gasteiger partial charge is 0.243 e. The maximum atomic E-state index is 11.8. The molecule has 122 valence electrons. The number of pyridine rings is 1. The minimum atomic E-state index is -0.124. The highest BCUT2D eigenvalue weighted by atomic mass is 35.5. The van der Waals surface area contributed by atoms with Crippen molar-refractivity contribution in [3.63, 3.8) is 0 Å². The number of carbonyl (C=O) groups excluding carboxylic acids is 1. The van der Waals surface area contributed by atoms with Crippen LogP contribution >= 0.6 is 11.6 Å². The summed E-state index contributed by atoms with van der Waals surface area (Å²) in [6, 6.07) is 13.1. The molecule has 0 atom stereocenters. The molecule has 0 saturated heterocycles. The minimum Gasteiger partial charge on any atom is -0.353 e. The van der Waals surface area contributed by atoms with Gasteiger partial charge in [0.1, 0.15) is 5.82 Å². The number of carbonyl (C=O) groups is 1. The summed E-state index contributed by atoms with van der Waals surface area (Å²) in [5.74, 6) is 0.774. The van der Waals surface area contributed by atoms with Gasteiger partial charge in [-0.3, -0.25) is 9.20 Å². The average molecular weight is 341 g/mol. The molecule has 3 aromatic rings. The van der Waals surface area contributed by atoms with Crippen molar-refractivity contribution in [1.29, 1.82) is 0 Å². The summed E-state index contributed by atoms with van der Waals surface area (Å²) in [5.41, 5.74) is 1.73. The Bertz CT molecular complexity index is 872. The van der Waals surface area contributed by atoms with Gasteiger partial charge in [-0.15, -0.1) is 10.2 Å². The molecule has 1 aromatic carbocycles. The summed E-state index contributed by atoms with van der Waals surface area (Å²) >= 11 is 5.91. The second kappa shape index (κ2) is 7.75. The van der Waals surface area contributed by atoms with Crippen LogP contribution < -0.4 is 5.32 Å². The van der Waals surface area contributed by atoms with Gasteiger partial charge in [0.2, 0.25) is 5.91 Å². The summed E-state index contributed by atoms with van der Waals surface area (Å²) in [4.78, 5) is 11.8. The quantitative estimate of drug-likeness (QED) is 0.554. The number of hydrogen-bond donors (Lipinski definition) is 1. The molecule has 0 aliphatic heterocycles. The first-order chi connectivity index (χ1) is 11.7. The SMILES string of the molecule is O=C(/C=C/c1cccc(Cl)c1)NCCCc1nnc2ccccn12. The number of aromatic nitrogens is 3. The lowest BCUT2D eigenvalue weighted by Gasteiger charge is -2.02. The summed E-state index contributed by atoms with van der Waals surface area (Å²) in [6.07, 6.45) is 6.75. The fourth-order valence-corrected chi connectivity index (χ4v) is 2.56. The molecule has 1 N–H and O–H groups in total. The van der Waals surface area contributed by atoms with Crippen molar-refractivity contribution in [2.75, 3.05) is 6.54 Å². The lowest BCUT2D eigenvalue weighted by molar-refractivity contribution is -0.116. The molecule has 2 aromatic heterocycles. The lowest BCUT2D eigenvalue weighted by Crippen LogP contribution is -2.22. The van der Waals surface area contributed by atoms with Gasteiger partial charge < -0.3 is 5.32 Å². The fourth-order valence-electron chi connectivity index (χ4n) is 2.36. The van der Waals surface area contributed by atoms with Gasteiger partial charge in [0.15, 0.2) is 5.65 Å². The van der Waals surface area contributed by atoms with Crippen molar-refractivity contribution in [2.24, 2.45) is 0 Å². The van der Waals surface area contributed by atoms with E-state index >= 15 is 0 Å². The molecule has 3 rings (SSSR count). The number of nitrogens with zero attached hydrogens (tertiary/aromatic N) is 3. The third kappa shape index (κ3) is 4.20. The van der Waals surface area contributed by atoms with E-state index in [2.05, 4.69) is 15.5 Å². The number of hydrogen-bond acceptors (Lipinski definition) is 3. The topological polar surface area (TPSA) is 59.3 Å². The number of fused-ring (bicyclic) bond motifs is 1. The van der Waals surface area contributed by atoms with Crippen molar-refractivity contribution in [3.05, 3.63) is 71.1 Å². The molecular weight excluding hydrogens is 324 g/mol. The van der Waals surface area contributed by atoms with E-state index in [0.29, 0.717) is 11.6 Å². The van der Waals surface area contributed by atoms with Gasteiger partial charge in [-0.05, 0) is 42.3 Å². The van der Waals surface area contributed by atoms with E-state index < -0.39 is 0 Å². The van der Waals surface area contributed by atoms with Crippen molar-refractivity contribution in [1.82, 2.24) is 19.9 Å². The largest absolute Gasteiger partial charge is 0.353 e. The molecule has 0 aliphatic rings. The highest BCUT2D eigenvalue weighted by Gasteiger charge is 2.04. The van der Waals surface area contributed by atoms with Gasteiger partial charge >= 0.3 is 0 Å². The van der Waals surface area contributed by atoms with Crippen LogP contribution in [0.4, 0.5) is 0 Å². The summed E-state index contributed by atoms with van der Waals surface area (Å²) in [7, 11) is 0. The third-order valence-electron chi connectivity index (χ3n) is 3.54. The molecule has 6 heteroatoms. The van der Waals surface area contributed by atoms with Crippen LogP contribution in [0, 0.1) is 0 Å². The first-order valence-corrected chi connectivity index (χ1v) is 8.10. The van der Waals surface area contributed by atoms with Gasteiger partial charge in [0.05, 0.1) is 0 Å². The Kier molecular flexibility index (Phi) is 5.23. The van der Waals surface area contributed by atoms with Crippen LogP contribution in [0.25, 0.3) is 11.7 Å². The molecule has 1 amide bonds. The van der Waals surface area contributed by atoms with Crippen molar-refractivity contribution in [3.8, 4) is 0 Å². The normalized spacial score (nSPS) is 11.2. The van der Waals surface area contributed by atoms with Crippen LogP contribution in [0.1, 0.15) is 17.8 Å². The first-order valence-electron chi connectivity index (χ1n) is 7.72. The molecule has 0 aliphatic carbocycles. The highest BCUT2D eigenvalue weighted by Crippen LogP contribution is 2.11. The molecule has 5 nitrogen and oxygen atoms in total. The predicted molar refractivity (Wildman–Crippen MR) is 94.8 cm³/mol. The van der Waals surface area contributed by atoms with E-state index in [9.17, 15) is 4.79 Å². The van der Waals surface area contributed by atoms with Crippen LogP contribution in [-0.4, -0.2) is 27.0 Å². The van der Waals surface area contributed by atoms with Crippen LogP contribution in [0.3, 0.4) is 0 Å². The molecule has 0 spiro atoms. The van der Waals surface area contributed by atoms with E-state index in [1.807, 2.05) is 47.0 Å². The molecule has 0 unspecified atom stereocenters. The van der Waals surface area contributed by atoms with E-state index in [-0.39, 0.29) is 5.91 Å². The first kappa shape index (κ1) is 16.2. The zero-order chi connectivity index (χ0) is 16.8. The van der Waals surface area contributed by atoms with Crippen LogP contribution in [0.5, 0.6) is 0 Å². The molecule has 2 heterocycles. The molecular formula is C18H17ClN4O. The number of aryl methyl sites for hydroxylation is 1. The Labute approximate surface area is 145 Å². The van der Waals surface area contributed by atoms with Crippen molar-refractivity contribution in [2.45, 2.75) is 12.8 Å². The predicted octanol–water partition coefficient (Wildman–Crippen LogP) is 3.14. The highest BCUT2D eigenvalue weighted by molar-refractivity contribution is 6.30.